The van der Waals surface area contributed by atoms with Crippen molar-refractivity contribution in [1.82, 2.24) is 9.88 Å². The van der Waals surface area contributed by atoms with Gasteiger partial charge in [-0.2, -0.15) is 0 Å². The molecule has 2 aromatic rings. The lowest BCUT2D eigenvalue weighted by Gasteiger charge is -2.13. The third kappa shape index (κ3) is 3.19. The van der Waals surface area contributed by atoms with E-state index in [9.17, 15) is 8.76 Å². The quantitative estimate of drug-likeness (QED) is 0.860. The maximum Gasteiger partial charge on any atom is 0.155 e. The van der Waals surface area contributed by atoms with Gasteiger partial charge in [-0.1, -0.05) is 0 Å². The topological polar surface area (TPSA) is 68.3 Å². The highest BCUT2D eigenvalue weighted by Crippen LogP contribution is 2.26. The van der Waals surface area contributed by atoms with Gasteiger partial charge in [0, 0.05) is 42.6 Å². The summed E-state index contributed by atoms with van der Waals surface area (Å²) in [5.74, 6) is 0. The molecular formula is C16H19N3O2S. The van der Waals surface area contributed by atoms with E-state index >= 15 is 0 Å². The van der Waals surface area contributed by atoms with Crippen LogP contribution in [0, 0.1) is 0 Å². The van der Waals surface area contributed by atoms with Gasteiger partial charge in [0.25, 0.3) is 0 Å². The number of aromatic nitrogens is 1. The first-order chi connectivity index (χ1) is 10.4. The van der Waals surface area contributed by atoms with Crippen molar-refractivity contribution in [2.75, 3.05) is 31.7 Å². The second-order valence-electron chi connectivity index (χ2n) is 5.69. The molecular weight excluding hydrogens is 298 g/mol. The maximum atomic E-state index is 11.5. The van der Waals surface area contributed by atoms with Gasteiger partial charge >= 0.3 is 0 Å². The van der Waals surface area contributed by atoms with E-state index in [1.165, 1.54) is 11.8 Å². The molecule has 1 aromatic heterocycles. The summed E-state index contributed by atoms with van der Waals surface area (Å²) < 4.78 is 23.0. The average Bonchev–Trinajstić information content (AvgIpc) is 2.66. The molecule has 0 saturated carbocycles. The minimum absolute atomic E-state index is 0.325. The molecule has 2 heterocycles. The van der Waals surface area contributed by atoms with Crippen LogP contribution in [0.5, 0.6) is 0 Å². The Morgan fingerprint density at radius 3 is 2.73 bits per heavy atom. The van der Waals surface area contributed by atoms with E-state index in [1.807, 2.05) is 12.3 Å². The fourth-order valence-electron chi connectivity index (χ4n) is 2.56. The van der Waals surface area contributed by atoms with Gasteiger partial charge in [0.15, 0.2) is 4.90 Å². The largest absolute Gasteiger partial charge is 0.610 e. The average molecular weight is 317 g/mol. The van der Waals surface area contributed by atoms with E-state index in [0.717, 1.165) is 36.6 Å². The lowest BCUT2D eigenvalue weighted by atomic mass is 10.1. The molecule has 3 rings (SSSR count). The van der Waals surface area contributed by atoms with Crippen molar-refractivity contribution >= 4 is 15.9 Å². The number of benzene rings is 1. The van der Waals surface area contributed by atoms with Crippen LogP contribution in [0.25, 0.3) is 11.3 Å². The van der Waals surface area contributed by atoms with Gasteiger partial charge in [-0.25, -0.2) is 0 Å². The number of sulfone groups is 1. The standard InChI is InChI=1S/C16H19N3O2S/c1-19-8-7-17-16-9-15(18-10-13(16)11-19)12-3-5-14(6-4-12)22(2,20)21/h3-6,9-10,17H,7-8,11H2,1-2H3. The van der Waals surface area contributed by atoms with Crippen LogP contribution < -0.4 is 5.32 Å². The van der Waals surface area contributed by atoms with Crippen LogP contribution >= 0.6 is 0 Å². The molecule has 1 N–H and O–H groups in total. The Labute approximate surface area is 131 Å². The molecule has 0 bridgehead atoms. The van der Waals surface area contributed by atoms with Crippen molar-refractivity contribution in [3.05, 3.63) is 42.1 Å². The van der Waals surface area contributed by atoms with Crippen LogP contribution in [0.2, 0.25) is 0 Å². The number of nitrogens with zero attached hydrogens (tertiary/aromatic N) is 2. The van der Waals surface area contributed by atoms with Crippen molar-refractivity contribution in [2.45, 2.75) is 11.4 Å². The maximum absolute atomic E-state index is 11.5. The highest BCUT2D eigenvalue weighted by Gasteiger charge is 2.14. The number of fused-ring (bicyclic) bond motifs is 1. The Balaban J connectivity index is 1.93. The molecule has 116 valence electrons. The molecule has 0 saturated heterocycles. The molecule has 5 nitrogen and oxygen atoms in total. The zero-order valence-corrected chi connectivity index (χ0v) is 13.5. The predicted octanol–water partition coefficient (Wildman–Crippen LogP) is 2.22. The monoisotopic (exact) mass is 317 g/mol. The molecule has 0 amide bonds. The third-order valence-electron chi connectivity index (χ3n) is 3.81. The molecule has 1 aliphatic heterocycles. The van der Waals surface area contributed by atoms with Crippen LogP contribution in [-0.4, -0.2) is 40.8 Å². The zero-order chi connectivity index (χ0) is 15.7. The summed E-state index contributed by atoms with van der Waals surface area (Å²) in [7, 11) is -1.07. The van der Waals surface area contributed by atoms with Crippen molar-refractivity contribution < 1.29 is 8.76 Å². The molecule has 1 aliphatic rings. The molecule has 1 unspecified atom stereocenters. The molecule has 6 heteroatoms. The second kappa shape index (κ2) is 5.79. The van der Waals surface area contributed by atoms with Gasteiger partial charge in [0.2, 0.25) is 0 Å². The van der Waals surface area contributed by atoms with E-state index < -0.39 is 10.2 Å². The van der Waals surface area contributed by atoms with E-state index in [2.05, 4.69) is 22.2 Å². The van der Waals surface area contributed by atoms with Crippen molar-refractivity contribution in [3.63, 3.8) is 0 Å². The minimum Gasteiger partial charge on any atom is -0.610 e. The number of anilines is 1. The van der Waals surface area contributed by atoms with Crippen LogP contribution in [0.3, 0.4) is 0 Å². The molecule has 0 spiro atoms. The van der Waals surface area contributed by atoms with Gasteiger partial charge in [0.05, 0.1) is 15.9 Å². The van der Waals surface area contributed by atoms with Gasteiger partial charge in [-0.15, -0.1) is 4.21 Å². The first-order valence-corrected chi connectivity index (χ1v) is 9.04. The Kier molecular flexibility index (Phi) is 3.99. The summed E-state index contributed by atoms with van der Waals surface area (Å²) in [6, 6.07) is 8.88. The normalized spacial score (nSPS) is 18.0. The Bertz CT molecular complexity index is 725. The number of likely N-dealkylation sites (N-methyl/N-ethyl adjacent to an activating group) is 1. The summed E-state index contributed by atoms with van der Waals surface area (Å²) in [6.45, 7) is 2.77. The number of pyridine rings is 1. The number of hydrogen-bond acceptors (Lipinski definition) is 5. The Morgan fingerprint density at radius 2 is 2.05 bits per heavy atom. The van der Waals surface area contributed by atoms with Gasteiger partial charge in [-0.05, 0) is 37.4 Å². The van der Waals surface area contributed by atoms with Crippen LogP contribution in [0.1, 0.15) is 5.56 Å². The number of hydrogen-bond donors (Lipinski definition) is 1. The first kappa shape index (κ1) is 15.1. The molecule has 0 fully saturated rings. The van der Waals surface area contributed by atoms with Crippen LogP contribution in [0.15, 0.2) is 41.4 Å². The Morgan fingerprint density at radius 1 is 1.32 bits per heavy atom. The Hall–Kier alpha value is -1.76. The van der Waals surface area contributed by atoms with Crippen molar-refractivity contribution in [3.8, 4) is 11.3 Å². The molecule has 1 aromatic carbocycles. The van der Waals surface area contributed by atoms with Gasteiger partial charge < -0.3 is 14.8 Å². The summed E-state index contributed by atoms with van der Waals surface area (Å²) in [4.78, 5) is 7.09. The SMILES string of the molecule is CN1CCNc2cc(-c3ccc([S+](C)(=O)[O-])cc3)ncc2C1. The molecule has 1 atom stereocenters. The fourth-order valence-corrected chi connectivity index (χ4v) is 3.19. The van der Waals surface area contributed by atoms with E-state index in [-0.39, 0.29) is 0 Å². The number of nitrogens with one attached hydrogen (secondary N) is 1. The molecule has 0 radical (unpaired) electrons. The highest BCUT2D eigenvalue weighted by atomic mass is 32.3. The minimum atomic E-state index is -3.17. The fraction of sp³-hybridized carbons (Fsp3) is 0.312. The van der Waals surface area contributed by atoms with Crippen molar-refractivity contribution in [2.24, 2.45) is 0 Å². The smallest absolute Gasteiger partial charge is 0.155 e. The summed E-state index contributed by atoms with van der Waals surface area (Å²) in [5, 5.41) is 3.42. The predicted molar refractivity (Wildman–Crippen MR) is 87.5 cm³/mol. The molecule has 0 aliphatic carbocycles. The second-order valence-corrected chi connectivity index (χ2v) is 7.70. The summed E-state index contributed by atoms with van der Waals surface area (Å²) in [6.07, 6.45) is 3.10. The first-order valence-electron chi connectivity index (χ1n) is 7.15. The zero-order valence-electron chi connectivity index (χ0n) is 12.7. The van der Waals surface area contributed by atoms with E-state index in [0.29, 0.717) is 4.90 Å². The van der Waals surface area contributed by atoms with Crippen LogP contribution in [-0.2, 0) is 21.0 Å². The summed E-state index contributed by atoms with van der Waals surface area (Å²) in [5.41, 5.74) is 4.03. The lowest BCUT2D eigenvalue weighted by Crippen LogP contribution is -2.20. The third-order valence-corrected chi connectivity index (χ3v) is 4.94. The van der Waals surface area contributed by atoms with Gasteiger partial charge in [0.1, 0.15) is 6.26 Å². The van der Waals surface area contributed by atoms with E-state index in [1.54, 1.807) is 24.3 Å². The lowest BCUT2D eigenvalue weighted by molar-refractivity contribution is 0.346. The van der Waals surface area contributed by atoms with E-state index in [4.69, 9.17) is 0 Å². The number of rotatable bonds is 2. The highest BCUT2D eigenvalue weighted by molar-refractivity contribution is 7.97. The molecule has 22 heavy (non-hydrogen) atoms. The van der Waals surface area contributed by atoms with Crippen LogP contribution in [0.4, 0.5) is 5.69 Å². The van der Waals surface area contributed by atoms with Gasteiger partial charge in [-0.3, -0.25) is 4.98 Å². The van der Waals surface area contributed by atoms with Crippen molar-refractivity contribution in [1.29, 1.82) is 0 Å². The summed E-state index contributed by atoms with van der Waals surface area (Å²) >= 11 is 0.